The zero-order chi connectivity index (χ0) is 14.4. The van der Waals surface area contributed by atoms with E-state index in [9.17, 15) is 4.79 Å². The van der Waals surface area contributed by atoms with Crippen molar-refractivity contribution < 1.29 is 13.9 Å². The molecule has 0 bridgehead atoms. The van der Waals surface area contributed by atoms with Gasteiger partial charge in [-0.2, -0.15) is 0 Å². The molecule has 1 atom stereocenters. The average molecular weight is 287 g/mol. The molecule has 0 aliphatic carbocycles. The van der Waals surface area contributed by atoms with Crippen LogP contribution in [-0.4, -0.2) is 48.3 Å². The summed E-state index contributed by atoms with van der Waals surface area (Å²) in [5.41, 5.74) is 0.428. The minimum absolute atomic E-state index is 0.230. The van der Waals surface area contributed by atoms with Crippen molar-refractivity contribution >= 4 is 22.9 Å². The Labute approximate surface area is 122 Å². The molecule has 1 spiro atoms. The molecule has 2 aliphatic heterocycles. The van der Waals surface area contributed by atoms with Crippen LogP contribution in [0.3, 0.4) is 0 Å². The van der Waals surface area contributed by atoms with Crippen molar-refractivity contribution in [3.05, 3.63) is 24.6 Å². The molecule has 6 heteroatoms. The number of amides is 1. The second kappa shape index (κ2) is 4.38. The second-order valence-corrected chi connectivity index (χ2v) is 5.90. The quantitative estimate of drug-likeness (QED) is 0.805. The van der Waals surface area contributed by atoms with Crippen LogP contribution in [0.4, 0.5) is 10.6 Å². The van der Waals surface area contributed by atoms with Crippen LogP contribution in [0.5, 0.6) is 0 Å². The van der Waals surface area contributed by atoms with E-state index < -0.39 is 5.60 Å². The lowest BCUT2D eigenvalue weighted by Crippen LogP contribution is -2.50. The number of carbonyl (C=O) groups excluding carboxylic acids is 1. The number of furan rings is 1. The molecule has 21 heavy (non-hydrogen) atoms. The van der Waals surface area contributed by atoms with Gasteiger partial charge in [-0.25, -0.2) is 9.78 Å². The minimum atomic E-state index is -0.405. The number of nitrogens with zero attached hydrogens (tertiary/aromatic N) is 3. The summed E-state index contributed by atoms with van der Waals surface area (Å²) in [4.78, 5) is 20.1. The number of rotatable bonds is 1. The van der Waals surface area contributed by atoms with E-state index in [4.69, 9.17) is 9.15 Å². The smallest absolute Gasteiger partial charge is 0.410 e. The van der Waals surface area contributed by atoms with Crippen molar-refractivity contribution in [3.63, 3.8) is 0 Å². The third kappa shape index (κ3) is 1.93. The lowest BCUT2D eigenvalue weighted by Gasteiger charge is -2.39. The van der Waals surface area contributed by atoms with Crippen LogP contribution in [0.15, 0.2) is 29.0 Å². The largest absolute Gasteiger partial charge is 0.464 e. The van der Waals surface area contributed by atoms with Gasteiger partial charge in [-0.3, -0.25) is 0 Å². The standard InChI is InChI=1S/C15H17N3O3/c1-17-9-15(21-14(17)19)5-2-7-18(10-15)13-11-4-8-20-12(11)3-6-16-13/h3-4,6,8H,2,5,7,9-10H2,1H3. The van der Waals surface area contributed by atoms with E-state index in [1.807, 2.05) is 12.1 Å². The fraction of sp³-hybridized carbons (Fsp3) is 0.467. The lowest BCUT2D eigenvalue weighted by molar-refractivity contribution is 0.0446. The van der Waals surface area contributed by atoms with Crippen molar-refractivity contribution in [2.75, 3.05) is 31.6 Å². The van der Waals surface area contributed by atoms with Gasteiger partial charge in [-0.1, -0.05) is 0 Å². The lowest BCUT2D eigenvalue weighted by atomic mass is 9.92. The number of anilines is 1. The van der Waals surface area contributed by atoms with E-state index in [1.165, 1.54) is 0 Å². The molecular formula is C15H17N3O3. The Balaban J connectivity index is 1.67. The minimum Gasteiger partial charge on any atom is -0.464 e. The topological polar surface area (TPSA) is 58.8 Å². The predicted octanol–water partition coefficient (Wildman–Crippen LogP) is 2.25. The SMILES string of the molecule is CN1CC2(CCCN(c3nccc4occc34)C2)OC1=O. The van der Waals surface area contributed by atoms with Gasteiger partial charge < -0.3 is 19.0 Å². The van der Waals surface area contributed by atoms with Crippen LogP contribution in [0.25, 0.3) is 11.0 Å². The van der Waals surface area contributed by atoms with Crippen LogP contribution < -0.4 is 4.90 Å². The summed E-state index contributed by atoms with van der Waals surface area (Å²) in [7, 11) is 1.78. The highest BCUT2D eigenvalue weighted by Gasteiger charge is 2.46. The Morgan fingerprint density at radius 2 is 2.24 bits per heavy atom. The maximum Gasteiger partial charge on any atom is 0.410 e. The number of carbonyl (C=O) groups is 1. The van der Waals surface area contributed by atoms with E-state index in [0.717, 1.165) is 36.2 Å². The number of ether oxygens (including phenoxy) is 1. The maximum absolute atomic E-state index is 11.7. The molecule has 110 valence electrons. The summed E-state index contributed by atoms with van der Waals surface area (Å²) < 4.78 is 11.1. The van der Waals surface area contributed by atoms with Gasteiger partial charge in [-0.05, 0) is 25.0 Å². The van der Waals surface area contributed by atoms with Crippen LogP contribution >= 0.6 is 0 Å². The van der Waals surface area contributed by atoms with Gasteiger partial charge in [0, 0.05) is 19.8 Å². The molecule has 1 unspecified atom stereocenters. The highest BCUT2D eigenvalue weighted by atomic mass is 16.6. The summed E-state index contributed by atoms with van der Waals surface area (Å²) in [5, 5.41) is 1.01. The number of hydrogen-bond donors (Lipinski definition) is 0. The monoisotopic (exact) mass is 287 g/mol. The summed E-state index contributed by atoms with van der Waals surface area (Å²) in [6.07, 6.45) is 5.10. The van der Waals surface area contributed by atoms with Crippen molar-refractivity contribution in [1.82, 2.24) is 9.88 Å². The fourth-order valence-electron chi connectivity index (χ4n) is 3.42. The van der Waals surface area contributed by atoms with Gasteiger partial charge in [0.1, 0.15) is 17.0 Å². The second-order valence-electron chi connectivity index (χ2n) is 5.90. The Bertz CT molecular complexity index is 698. The zero-order valence-corrected chi connectivity index (χ0v) is 11.9. The highest BCUT2D eigenvalue weighted by molar-refractivity contribution is 5.88. The van der Waals surface area contributed by atoms with Gasteiger partial charge in [0.2, 0.25) is 0 Å². The molecule has 2 aliphatic rings. The molecule has 0 aromatic carbocycles. The predicted molar refractivity (Wildman–Crippen MR) is 77.3 cm³/mol. The first kappa shape index (κ1) is 12.5. The summed E-state index contributed by atoms with van der Waals surface area (Å²) >= 11 is 0. The molecular weight excluding hydrogens is 270 g/mol. The number of hydrogen-bond acceptors (Lipinski definition) is 5. The van der Waals surface area contributed by atoms with E-state index >= 15 is 0 Å². The third-order valence-corrected chi connectivity index (χ3v) is 4.34. The van der Waals surface area contributed by atoms with Crippen molar-refractivity contribution in [2.24, 2.45) is 0 Å². The van der Waals surface area contributed by atoms with E-state index in [-0.39, 0.29) is 6.09 Å². The number of fused-ring (bicyclic) bond motifs is 1. The van der Waals surface area contributed by atoms with Crippen LogP contribution in [0.1, 0.15) is 12.8 Å². The van der Waals surface area contributed by atoms with E-state index in [0.29, 0.717) is 13.1 Å². The Morgan fingerprint density at radius 3 is 3.05 bits per heavy atom. The zero-order valence-electron chi connectivity index (χ0n) is 11.9. The molecule has 2 aromatic rings. The van der Waals surface area contributed by atoms with Gasteiger partial charge in [-0.15, -0.1) is 0 Å². The number of likely N-dealkylation sites (N-methyl/N-ethyl adjacent to an activating group) is 1. The Morgan fingerprint density at radius 1 is 1.33 bits per heavy atom. The summed E-state index contributed by atoms with van der Waals surface area (Å²) in [5.74, 6) is 0.908. The number of aromatic nitrogens is 1. The average Bonchev–Trinajstić information content (AvgIpc) is 3.04. The first-order chi connectivity index (χ1) is 10.2. The van der Waals surface area contributed by atoms with Crippen molar-refractivity contribution in [3.8, 4) is 0 Å². The molecule has 1 amide bonds. The molecule has 4 rings (SSSR count). The van der Waals surface area contributed by atoms with Gasteiger partial charge in [0.25, 0.3) is 0 Å². The van der Waals surface area contributed by atoms with E-state index in [2.05, 4.69) is 9.88 Å². The highest BCUT2D eigenvalue weighted by Crippen LogP contribution is 2.35. The van der Waals surface area contributed by atoms with Gasteiger partial charge in [0.15, 0.2) is 0 Å². The molecule has 2 saturated heterocycles. The van der Waals surface area contributed by atoms with Crippen LogP contribution in [0, 0.1) is 0 Å². The number of pyridine rings is 1. The van der Waals surface area contributed by atoms with Crippen molar-refractivity contribution in [2.45, 2.75) is 18.4 Å². The molecule has 4 heterocycles. The molecule has 2 fully saturated rings. The van der Waals surface area contributed by atoms with Crippen molar-refractivity contribution in [1.29, 1.82) is 0 Å². The molecule has 0 radical (unpaired) electrons. The van der Waals surface area contributed by atoms with Crippen LogP contribution in [0.2, 0.25) is 0 Å². The molecule has 0 saturated carbocycles. The maximum atomic E-state index is 11.7. The number of piperidine rings is 1. The Kier molecular flexibility index (Phi) is 2.60. The molecule has 0 N–H and O–H groups in total. The Hall–Kier alpha value is -2.24. The molecule has 6 nitrogen and oxygen atoms in total. The summed E-state index contributed by atoms with van der Waals surface area (Å²) in [6.45, 7) is 2.24. The van der Waals surface area contributed by atoms with Gasteiger partial charge >= 0.3 is 6.09 Å². The first-order valence-corrected chi connectivity index (χ1v) is 7.18. The first-order valence-electron chi connectivity index (χ1n) is 7.18. The van der Waals surface area contributed by atoms with Gasteiger partial charge in [0.05, 0.1) is 24.7 Å². The normalized spacial score (nSPS) is 25.9. The summed E-state index contributed by atoms with van der Waals surface area (Å²) in [6, 6.07) is 3.80. The molecule has 2 aromatic heterocycles. The van der Waals surface area contributed by atoms with E-state index in [1.54, 1.807) is 24.4 Å². The fourth-order valence-corrected chi connectivity index (χ4v) is 3.42. The third-order valence-electron chi connectivity index (χ3n) is 4.34. The van der Waals surface area contributed by atoms with Crippen LogP contribution in [-0.2, 0) is 4.74 Å².